The van der Waals surface area contributed by atoms with E-state index in [1.165, 1.54) is 16.5 Å². The van der Waals surface area contributed by atoms with Crippen molar-refractivity contribution >= 4 is 10.9 Å². The normalized spacial score (nSPS) is 33.1. The lowest BCUT2D eigenvalue weighted by Crippen LogP contribution is -2.62. The van der Waals surface area contributed by atoms with Gasteiger partial charge in [-0.1, -0.05) is 24.8 Å². The fourth-order valence-corrected chi connectivity index (χ4v) is 4.66. The highest BCUT2D eigenvalue weighted by atomic mass is 16.3. The van der Waals surface area contributed by atoms with E-state index < -0.39 is 0 Å². The lowest BCUT2D eigenvalue weighted by atomic mass is 9.63. The van der Waals surface area contributed by atoms with E-state index in [9.17, 15) is 5.11 Å². The highest BCUT2D eigenvalue weighted by Crippen LogP contribution is 2.45. The maximum absolute atomic E-state index is 10.4. The van der Waals surface area contributed by atoms with E-state index >= 15 is 0 Å². The van der Waals surface area contributed by atoms with Gasteiger partial charge < -0.3 is 15.4 Å². The van der Waals surface area contributed by atoms with Gasteiger partial charge in [-0.2, -0.15) is 0 Å². The van der Waals surface area contributed by atoms with Gasteiger partial charge in [-0.05, 0) is 62.1 Å². The molecule has 1 saturated carbocycles. The minimum Gasteiger partial charge on any atom is -0.389 e. The van der Waals surface area contributed by atoms with Crippen molar-refractivity contribution in [2.75, 3.05) is 0 Å². The Labute approximate surface area is 137 Å². The number of para-hydroxylation sites is 1. The molecule has 2 aliphatic rings. The predicted molar refractivity (Wildman–Crippen MR) is 94.4 cm³/mol. The molecule has 3 nitrogen and oxygen atoms in total. The van der Waals surface area contributed by atoms with Gasteiger partial charge in [0.2, 0.25) is 0 Å². The monoisotopic (exact) mass is 310 g/mol. The van der Waals surface area contributed by atoms with Gasteiger partial charge >= 0.3 is 0 Å². The van der Waals surface area contributed by atoms with E-state index in [4.69, 9.17) is 0 Å². The quantitative estimate of drug-likeness (QED) is 0.745. The number of hydrogen-bond donors (Lipinski definition) is 3. The molecule has 2 aromatic rings. The van der Waals surface area contributed by atoms with Crippen LogP contribution in [0.4, 0.5) is 0 Å². The van der Waals surface area contributed by atoms with Crippen molar-refractivity contribution in [3.8, 4) is 0 Å². The van der Waals surface area contributed by atoms with E-state index in [0.29, 0.717) is 17.9 Å². The molecule has 0 amide bonds. The van der Waals surface area contributed by atoms with Crippen molar-refractivity contribution < 1.29 is 5.11 Å². The molecule has 2 heterocycles. The van der Waals surface area contributed by atoms with Crippen molar-refractivity contribution in [2.24, 2.45) is 11.8 Å². The molecule has 4 rings (SSSR count). The number of hydrogen-bond acceptors (Lipinski definition) is 2. The Hall–Kier alpha value is -1.58. The molecule has 1 aliphatic heterocycles. The summed E-state index contributed by atoms with van der Waals surface area (Å²) in [6, 6.07) is 8.80. The van der Waals surface area contributed by atoms with Crippen molar-refractivity contribution in [1.29, 1.82) is 0 Å². The first-order valence-electron chi connectivity index (χ1n) is 8.65. The van der Waals surface area contributed by atoms with Crippen molar-refractivity contribution in [2.45, 2.75) is 50.8 Å². The topological polar surface area (TPSA) is 48.0 Å². The van der Waals surface area contributed by atoms with Gasteiger partial charge in [0.1, 0.15) is 0 Å². The molecule has 1 aliphatic carbocycles. The lowest BCUT2D eigenvalue weighted by molar-refractivity contribution is 0.0290. The van der Waals surface area contributed by atoms with E-state index in [0.717, 1.165) is 24.8 Å². The van der Waals surface area contributed by atoms with E-state index in [-0.39, 0.29) is 11.6 Å². The molecule has 1 saturated heterocycles. The summed E-state index contributed by atoms with van der Waals surface area (Å²) < 4.78 is 0. The molecule has 1 aromatic carbocycles. The largest absolute Gasteiger partial charge is 0.389 e. The molecule has 122 valence electrons. The zero-order chi connectivity index (χ0) is 16.2. The number of aliphatic hydroxyl groups excluding tert-OH is 1. The fourth-order valence-electron chi connectivity index (χ4n) is 4.66. The van der Waals surface area contributed by atoms with E-state index in [2.05, 4.69) is 61.2 Å². The summed E-state index contributed by atoms with van der Waals surface area (Å²) in [6.07, 6.45) is 4.74. The molecular weight excluding hydrogens is 284 g/mol. The van der Waals surface area contributed by atoms with Crippen LogP contribution in [-0.4, -0.2) is 27.8 Å². The molecular formula is C20H26N2O. The van der Waals surface area contributed by atoms with Crippen LogP contribution in [-0.2, 0) is 6.42 Å². The molecule has 3 N–H and O–H groups in total. The highest BCUT2D eigenvalue weighted by molar-refractivity contribution is 5.83. The first kappa shape index (κ1) is 15.0. The van der Waals surface area contributed by atoms with Crippen LogP contribution in [0.25, 0.3) is 10.9 Å². The fraction of sp³-hybridized carbons (Fsp3) is 0.500. The Morgan fingerprint density at radius 3 is 2.87 bits per heavy atom. The maximum Gasteiger partial charge on any atom is 0.0754 e. The number of piperidine rings is 1. The van der Waals surface area contributed by atoms with Gasteiger partial charge in [0.05, 0.1) is 6.10 Å². The van der Waals surface area contributed by atoms with Crippen molar-refractivity contribution in [3.63, 3.8) is 0 Å². The zero-order valence-electron chi connectivity index (χ0n) is 14.0. The molecule has 0 unspecified atom stereocenters. The summed E-state index contributed by atoms with van der Waals surface area (Å²) >= 11 is 0. The standard InChI is InChI=1S/C20H26N2O/c1-12-16-9-14(10-19(12)23)20(2,3)22-18(16)8-13-11-21-17-7-5-4-6-15(13)17/h4-7,11,14,16,18-19,21-23H,1,8-10H2,2-3H3/t14-,16+,18-,19+/m1/s1. The Morgan fingerprint density at radius 1 is 1.26 bits per heavy atom. The third kappa shape index (κ3) is 2.43. The number of benzene rings is 1. The second-order valence-electron chi connectivity index (χ2n) is 7.90. The van der Waals surface area contributed by atoms with Crippen LogP contribution >= 0.6 is 0 Å². The molecule has 4 atom stereocenters. The Balaban J connectivity index is 1.66. The van der Waals surface area contributed by atoms with Crippen LogP contribution in [0.15, 0.2) is 42.6 Å². The molecule has 23 heavy (non-hydrogen) atoms. The van der Waals surface area contributed by atoms with Crippen LogP contribution in [0.1, 0.15) is 32.3 Å². The van der Waals surface area contributed by atoms with Gasteiger partial charge in [-0.15, -0.1) is 0 Å². The van der Waals surface area contributed by atoms with Crippen LogP contribution in [0.3, 0.4) is 0 Å². The Kier molecular flexibility index (Phi) is 3.40. The molecule has 3 heteroatoms. The number of aromatic nitrogens is 1. The third-order valence-corrected chi connectivity index (χ3v) is 6.13. The summed E-state index contributed by atoms with van der Waals surface area (Å²) in [6.45, 7) is 8.76. The van der Waals surface area contributed by atoms with Crippen LogP contribution in [0, 0.1) is 11.8 Å². The van der Waals surface area contributed by atoms with Crippen LogP contribution in [0.2, 0.25) is 0 Å². The summed E-state index contributed by atoms with van der Waals surface area (Å²) in [5.41, 5.74) is 3.63. The third-order valence-electron chi connectivity index (χ3n) is 6.13. The second kappa shape index (κ2) is 5.22. The number of aliphatic hydroxyl groups is 1. The number of H-pyrrole nitrogens is 1. The predicted octanol–water partition coefficient (Wildman–Crippen LogP) is 3.40. The van der Waals surface area contributed by atoms with Crippen LogP contribution < -0.4 is 5.32 Å². The molecule has 2 bridgehead atoms. The molecule has 0 spiro atoms. The van der Waals surface area contributed by atoms with Crippen LogP contribution in [0.5, 0.6) is 0 Å². The first-order valence-corrected chi connectivity index (χ1v) is 8.65. The molecule has 2 fully saturated rings. The minimum atomic E-state index is -0.342. The number of nitrogens with one attached hydrogen (secondary N) is 2. The molecule has 1 aromatic heterocycles. The number of fused-ring (bicyclic) bond motifs is 3. The summed E-state index contributed by atoms with van der Waals surface area (Å²) in [5.74, 6) is 0.887. The van der Waals surface area contributed by atoms with Gasteiger partial charge in [-0.25, -0.2) is 0 Å². The lowest BCUT2D eigenvalue weighted by Gasteiger charge is -2.53. The van der Waals surface area contributed by atoms with Crippen molar-refractivity contribution in [3.05, 3.63) is 48.2 Å². The Morgan fingerprint density at radius 2 is 2.04 bits per heavy atom. The number of rotatable bonds is 2. The summed E-state index contributed by atoms with van der Waals surface area (Å²) in [7, 11) is 0. The summed E-state index contributed by atoms with van der Waals surface area (Å²) in [4.78, 5) is 3.37. The van der Waals surface area contributed by atoms with E-state index in [1.807, 2.05) is 0 Å². The Bertz CT molecular complexity index is 745. The first-order chi connectivity index (χ1) is 11.0. The van der Waals surface area contributed by atoms with Crippen molar-refractivity contribution in [1.82, 2.24) is 10.3 Å². The SMILES string of the molecule is C=C1[C@@H](O)C[C@H]2C[C@@H]1[C@@H](Cc1c[nH]c3ccccc13)NC2(C)C. The zero-order valence-corrected chi connectivity index (χ0v) is 14.0. The maximum atomic E-state index is 10.4. The smallest absolute Gasteiger partial charge is 0.0754 e. The second-order valence-corrected chi connectivity index (χ2v) is 7.90. The summed E-state index contributed by atoms with van der Waals surface area (Å²) in [5, 5.41) is 15.6. The van der Waals surface area contributed by atoms with Gasteiger partial charge in [0, 0.05) is 28.7 Å². The van der Waals surface area contributed by atoms with Gasteiger partial charge in [-0.3, -0.25) is 0 Å². The molecule has 0 radical (unpaired) electrons. The number of aromatic amines is 1. The minimum absolute atomic E-state index is 0.0644. The highest BCUT2D eigenvalue weighted by Gasteiger charge is 2.47. The van der Waals surface area contributed by atoms with Gasteiger partial charge in [0.15, 0.2) is 0 Å². The average molecular weight is 310 g/mol. The average Bonchev–Trinajstić information content (AvgIpc) is 2.91. The van der Waals surface area contributed by atoms with Gasteiger partial charge in [0.25, 0.3) is 0 Å². The van der Waals surface area contributed by atoms with E-state index in [1.54, 1.807) is 0 Å².